The molecule has 0 saturated carbocycles. The Morgan fingerprint density at radius 1 is 1.14 bits per heavy atom. The molecule has 3 aromatic rings. The molecule has 0 amide bonds. The lowest BCUT2D eigenvalue weighted by molar-refractivity contribution is 0.300. The quantitative estimate of drug-likeness (QED) is 0.751. The molecule has 0 aliphatic heterocycles. The Kier molecular flexibility index (Phi) is 3.91. The Hall–Kier alpha value is -3.02. The van der Waals surface area contributed by atoms with Crippen LogP contribution in [-0.4, -0.2) is 15.0 Å². The van der Waals surface area contributed by atoms with Crippen molar-refractivity contribution in [3.05, 3.63) is 76.7 Å². The Balaban J connectivity index is 1.79. The number of hydrogen-bond donors (Lipinski definition) is 1. The number of halogens is 1. The van der Waals surface area contributed by atoms with E-state index in [1.165, 1.54) is 18.5 Å². The van der Waals surface area contributed by atoms with Crippen molar-refractivity contribution in [3.63, 3.8) is 0 Å². The van der Waals surface area contributed by atoms with Gasteiger partial charge in [-0.15, -0.1) is 0 Å². The van der Waals surface area contributed by atoms with E-state index < -0.39 is 11.5 Å². The Bertz CT molecular complexity index is 834. The van der Waals surface area contributed by atoms with Crippen LogP contribution in [0.5, 0.6) is 5.75 Å². The number of pyridine rings is 1. The molecule has 1 aromatic carbocycles. The van der Waals surface area contributed by atoms with E-state index in [1.807, 2.05) is 30.3 Å². The number of aromatic amines is 1. The summed E-state index contributed by atoms with van der Waals surface area (Å²) in [4.78, 5) is 22.1. The van der Waals surface area contributed by atoms with Crippen LogP contribution in [0.3, 0.4) is 0 Å². The molecule has 3 rings (SSSR count). The summed E-state index contributed by atoms with van der Waals surface area (Å²) >= 11 is 0. The van der Waals surface area contributed by atoms with E-state index in [9.17, 15) is 9.18 Å². The fraction of sp³-hybridized carbons (Fsp3) is 0.0625. The standard InChI is InChI=1S/C16H12FN3O2/c17-14-8-12(6-7-18-14)15-19-9-13(16(21)20-15)22-10-11-4-2-1-3-5-11/h1-9H,10H2,(H,19,20,21). The Labute approximate surface area is 125 Å². The molecule has 0 bridgehead atoms. The van der Waals surface area contributed by atoms with E-state index in [1.54, 1.807) is 6.07 Å². The molecule has 0 saturated heterocycles. The summed E-state index contributed by atoms with van der Waals surface area (Å²) in [6, 6.07) is 12.2. The summed E-state index contributed by atoms with van der Waals surface area (Å²) in [5.74, 6) is -0.259. The fourth-order valence-electron chi connectivity index (χ4n) is 1.92. The highest BCUT2D eigenvalue weighted by atomic mass is 19.1. The van der Waals surface area contributed by atoms with Gasteiger partial charge in [-0.2, -0.15) is 4.39 Å². The summed E-state index contributed by atoms with van der Waals surface area (Å²) in [7, 11) is 0. The van der Waals surface area contributed by atoms with Crippen molar-refractivity contribution in [3.8, 4) is 17.1 Å². The first kappa shape index (κ1) is 13.9. The largest absolute Gasteiger partial charge is 0.482 e. The van der Waals surface area contributed by atoms with Crippen LogP contribution in [-0.2, 0) is 6.61 Å². The zero-order valence-electron chi connectivity index (χ0n) is 11.5. The van der Waals surface area contributed by atoms with Gasteiger partial charge in [-0.25, -0.2) is 9.97 Å². The monoisotopic (exact) mass is 297 g/mol. The van der Waals surface area contributed by atoms with Crippen LogP contribution < -0.4 is 10.3 Å². The van der Waals surface area contributed by atoms with Gasteiger partial charge in [-0.05, 0) is 11.6 Å². The molecule has 2 heterocycles. The molecule has 0 aliphatic carbocycles. The second kappa shape index (κ2) is 6.17. The van der Waals surface area contributed by atoms with Gasteiger partial charge in [0.05, 0.1) is 6.20 Å². The van der Waals surface area contributed by atoms with Gasteiger partial charge in [0, 0.05) is 17.8 Å². The van der Waals surface area contributed by atoms with Crippen LogP contribution in [0.25, 0.3) is 11.4 Å². The van der Waals surface area contributed by atoms with Crippen LogP contribution >= 0.6 is 0 Å². The summed E-state index contributed by atoms with van der Waals surface area (Å²) < 4.78 is 18.5. The number of benzene rings is 1. The maximum absolute atomic E-state index is 13.1. The maximum Gasteiger partial charge on any atom is 0.293 e. The third-order valence-corrected chi connectivity index (χ3v) is 3.00. The highest BCUT2D eigenvalue weighted by Gasteiger charge is 2.07. The molecular weight excluding hydrogens is 285 g/mol. The Morgan fingerprint density at radius 2 is 1.95 bits per heavy atom. The third kappa shape index (κ3) is 3.17. The molecule has 6 heteroatoms. The van der Waals surface area contributed by atoms with Crippen molar-refractivity contribution in [1.82, 2.24) is 15.0 Å². The SMILES string of the molecule is O=c1[nH]c(-c2ccnc(F)c2)ncc1OCc1ccccc1. The number of rotatable bonds is 4. The highest BCUT2D eigenvalue weighted by Crippen LogP contribution is 2.14. The van der Waals surface area contributed by atoms with Crippen molar-refractivity contribution in [2.75, 3.05) is 0 Å². The molecular formula is C16H12FN3O2. The van der Waals surface area contributed by atoms with Crippen LogP contribution in [0.1, 0.15) is 5.56 Å². The van der Waals surface area contributed by atoms with Crippen molar-refractivity contribution in [2.45, 2.75) is 6.61 Å². The van der Waals surface area contributed by atoms with Gasteiger partial charge < -0.3 is 9.72 Å². The molecule has 22 heavy (non-hydrogen) atoms. The van der Waals surface area contributed by atoms with E-state index in [0.29, 0.717) is 5.56 Å². The zero-order valence-corrected chi connectivity index (χ0v) is 11.5. The molecule has 0 unspecified atom stereocenters. The van der Waals surface area contributed by atoms with E-state index >= 15 is 0 Å². The van der Waals surface area contributed by atoms with Crippen LogP contribution in [0.15, 0.2) is 59.7 Å². The molecule has 0 aliphatic rings. The van der Waals surface area contributed by atoms with Crippen LogP contribution in [0, 0.1) is 5.95 Å². The average molecular weight is 297 g/mol. The first-order valence-corrected chi connectivity index (χ1v) is 6.60. The second-order valence-electron chi connectivity index (χ2n) is 4.57. The van der Waals surface area contributed by atoms with E-state index in [4.69, 9.17) is 4.74 Å². The van der Waals surface area contributed by atoms with Gasteiger partial charge in [0.2, 0.25) is 11.7 Å². The molecule has 110 valence electrons. The molecule has 5 nitrogen and oxygen atoms in total. The molecule has 0 spiro atoms. The average Bonchev–Trinajstić information content (AvgIpc) is 2.54. The predicted molar refractivity (Wildman–Crippen MR) is 78.8 cm³/mol. The summed E-state index contributed by atoms with van der Waals surface area (Å²) in [5.41, 5.74) is 0.972. The molecule has 0 radical (unpaired) electrons. The number of nitrogens with zero attached hydrogens (tertiary/aromatic N) is 2. The van der Waals surface area contributed by atoms with E-state index in [-0.39, 0.29) is 18.2 Å². The van der Waals surface area contributed by atoms with Crippen molar-refractivity contribution in [2.24, 2.45) is 0 Å². The molecule has 2 aromatic heterocycles. The zero-order chi connectivity index (χ0) is 15.4. The lowest BCUT2D eigenvalue weighted by Gasteiger charge is -2.06. The first-order valence-electron chi connectivity index (χ1n) is 6.60. The van der Waals surface area contributed by atoms with Crippen molar-refractivity contribution >= 4 is 0 Å². The first-order chi connectivity index (χ1) is 10.7. The maximum atomic E-state index is 13.1. The number of nitrogens with one attached hydrogen (secondary N) is 1. The minimum absolute atomic E-state index is 0.113. The minimum atomic E-state index is -0.635. The van der Waals surface area contributed by atoms with E-state index in [2.05, 4.69) is 15.0 Å². The highest BCUT2D eigenvalue weighted by molar-refractivity contribution is 5.53. The minimum Gasteiger partial charge on any atom is -0.482 e. The number of H-pyrrole nitrogens is 1. The van der Waals surface area contributed by atoms with Crippen molar-refractivity contribution < 1.29 is 9.13 Å². The third-order valence-electron chi connectivity index (χ3n) is 3.00. The molecule has 0 atom stereocenters. The van der Waals surface area contributed by atoms with Gasteiger partial charge in [0.1, 0.15) is 12.4 Å². The summed E-state index contributed by atoms with van der Waals surface area (Å²) in [6.07, 6.45) is 2.64. The summed E-state index contributed by atoms with van der Waals surface area (Å²) in [6.45, 7) is 0.273. The number of ether oxygens (including phenoxy) is 1. The lowest BCUT2D eigenvalue weighted by Crippen LogP contribution is -2.13. The van der Waals surface area contributed by atoms with Crippen LogP contribution in [0.2, 0.25) is 0 Å². The van der Waals surface area contributed by atoms with Gasteiger partial charge in [0.25, 0.3) is 5.56 Å². The topological polar surface area (TPSA) is 67.9 Å². The number of aromatic nitrogens is 3. The van der Waals surface area contributed by atoms with Gasteiger partial charge in [0.15, 0.2) is 0 Å². The lowest BCUT2D eigenvalue weighted by atomic mass is 10.2. The summed E-state index contributed by atoms with van der Waals surface area (Å²) in [5, 5.41) is 0. The van der Waals surface area contributed by atoms with Gasteiger partial charge >= 0.3 is 0 Å². The molecule has 0 fully saturated rings. The predicted octanol–water partition coefficient (Wildman–Crippen LogP) is 2.55. The van der Waals surface area contributed by atoms with Gasteiger partial charge in [-0.1, -0.05) is 30.3 Å². The second-order valence-corrected chi connectivity index (χ2v) is 4.57. The Morgan fingerprint density at radius 3 is 2.68 bits per heavy atom. The number of hydrogen-bond acceptors (Lipinski definition) is 4. The van der Waals surface area contributed by atoms with Crippen molar-refractivity contribution in [1.29, 1.82) is 0 Å². The van der Waals surface area contributed by atoms with Gasteiger partial charge in [-0.3, -0.25) is 4.79 Å². The normalized spacial score (nSPS) is 10.4. The van der Waals surface area contributed by atoms with E-state index in [0.717, 1.165) is 5.56 Å². The fourth-order valence-corrected chi connectivity index (χ4v) is 1.92. The van der Waals surface area contributed by atoms with Crippen LogP contribution in [0.4, 0.5) is 4.39 Å². The smallest absolute Gasteiger partial charge is 0.293 e. The molecule has 1 N–H and O–H groups in total.